The summed E-state index contributed by atoms with van der Waals surface area (Å²) < 4.78 is 11.7. The molecule has 3 rings (SSSR count). The van der Waals surface area contributed by atoms with Gasteiger partial charge >= 0.3 is 0 Å². The molecule has 1 saturated heterocycles. The summed E-state index contributed by atoms with van der Waals surface area (Å²) in [6, 6.07) is 6.25. The molecule has 1 saturated carbocycles. The number of hydrogen-bond donors (Lipinski definition) is 1. The van der Waals surface area contributed by atoms with Gasteiger partial charge in [0.2, 0.25) is 0 Å². The van der Waals surface area contributed by atoms with Gasteiger partial charge in [0.1, 0.15) is 6.10 Å². The van der Waals surface area contributed by atoms with E-state index >= 15 is 0 Å². The molecule has 2 fully saturated rings. The number of nitrogens with two attached hydrogens (primary N) is 1. The van der Waals surface area contributed by atoms with Crippen molar-refractivity contribution in [1.29, 1.82) is 0 Å². The van der Waals surface area contributed by atoms with Crippen molar-refractivity contribution in [1.82, 2.24) is 4.90 Å². The highest BCUT2D eigenvalue weighted by molar-refractivity contribution is 5.45. The summed E-state index contributed by atoms with van der Waals surface area (Å²) in [5.41, 5.74) is 7.62. The fourth-order valence-corrected chi connectivity index (χ4v) is 3.72. The van der Waals surface area contributed by atoms with E-state index in [1.54, 1.807) is 7.11 Å². The average molecular weight is 304 g/mol. The Balaban J connectivity index is 1.78. The Morgan fingerprint density at radius 1 is 1.18 bits per heavy atom. The van der Waals surface area contributed by atoms with Gasteiger partial charge in [-0.3, -0.25) is 0 Å². The Kier molecular flexibility index (Phi) is 4.59. The molecule has 0 spiro atoms. The van der Waals surface area contributed by atoms with Gasteiger partial charge in [-0.25, -0.2) is 0 Å². The van der Waals surface area contributed by atoms with Crippen LogP contribution in [0.4, 0.5) is 0 Å². The summed E-state index contributed by atoms with van der Waals surface area (Å²) in [5.74, 6) is 1.65. The number of hydrogen-bond acceptors (Lipinski definition) is 4. The normalized spacial score (nSPS) is 25.1. The third-order valence-electron chi connectivity index (χ3n) is 5.13. The predicted octanol–water partition coefficient (Wildman–Crippen LogP) is 2.90. The lowest BCUT2D eigenvalue weighted by molar-refractivity contribution is 0.199. The van der Waals surface area contributed by atoms with Crippen molar-refractivity contribution < 1.29 is 9.47 Å². The molecule has 122 valence electrons. The molecule has 0 aromatic heterocycles. The van der Waals surface area contributed by atoms with Crippen LogP contribution in [0.15, 0.2) is 18.2 Å². The summed E-state index contributed by atoms with van der Waals surface area (Å²) in [7, 11) is 3.84. The molecule has 1 aliphatic carbocycles. The number of methoxy groups -OCH3 is 1. The minimum absolute atomic E-state index is 0.197. The number of rotatable bonds is 4. The maximum absolute atomic E-state index is 6.63. The van der Waals surface area contributed by atoms with Crippen LogP contribution in [-0.4, -0.2) is 38.3 Å². The van der Waals surface area contributed by atoms with E-state index < -0.39 is 0 Å². The van der Waals surface area contributed by atoms with Gasteiger partial charge in [-0.05, 0) is 44.0 Å². The first kappa shape index (κ1) is 15.6. The van der Waals surface area contributed by atoms with Crippen molar-refractivity contribution in [3.8, 4) is 11.5 Å². The quantitative estimate of drug-likeness (QED) is 0.929. The first-order chi connectivity index (χ1) is 10.6. The first-order valence-electron chi connectivity index (χ1n) is 8.43. The lowest BCUT2D eigenvalue weighted by atomic mass is 9.77. The van der Waals surface area contributed by atoms with E-state index in [0.717, 1.165) is 43.9 Å². The molecule has 1 aromatic carbocycles. The van der Waals surface area contributed by atoms with Gasteiger partial charge in [-0.15, -0.1) is 0 Å². The van der Waals surface area contributed by atoms with Crippen LogP contribution in [0.3, 0.4) is 0 Å². The molecule has 1 aliphatic heterocycles. The van der Waals surface area contributed by atoms with Gasteiger partial charge in [0.25, 0.3) is 0 Å². The van der Waals surface area contributed by atoms with E-state index in [1.165, 1.54) is 24.8 Å². The van der Waals surface area contributed by atoms with E-state index in [4.69, 9.17) is 15.2 Å². The minimum atomic E-state index is -0.197. The smallest absolute Gasteiger partial charge is 0.161 e. The first-order valence-corrected chi connectivity index (χ1v) is 8.43. The predicted molar refractivity (Wildman–Crippen MR) is 88.5 cm³/mol. The Bertz CT molecular complexity index is 512. The summed E-state index contributed by atoms with van der Waals surface area (Å²) in [6.07, 6.45) is 7.17. The SMILES string of the molecule is COc1cc(C2(N)CCCCC2)ccc1OC1CCN(C)C1. The zero-order valence-electron chi connectivity index (χ0n) is 13.8. The van der Waals surface area contributed by atoms with Crippen LogP contribution in [0.1, 0.15) is 44.1 Å². The molecule has 4 heteroatoms. The van der Waals surface area contributed by atoms with Crippen molar-refractivity contribution in [2.24, 2.45) is 5.73 Å². The van der Waals surface area contributed by atoms with E-state index in [0.29, 0.717) is 0 Å². The molecule has 1 atom stereocenters. The molecule has 4 nitrogen and oxygen atoms in total. The highest BCUT2D eigenvalue weighted by Crippen LogP contribution is 2.39. The average Bonchev–Trinajstić information content (AvgIpc) is 2.93. The molecule has 2 N–H and O–H groups in total. The monoisotopic (exact) mass is 304 g/mol. The van der Waals surface area contributed by atoms with Crippen LogP contribution in [0.25, 0.3) is 0 Å². The van der Waals surface area contributed by atoms with E-state index in [2.05, 4.69) is 24.1 Å². The Hall–Kier alpha value is -1.26. The second-order valence-corrected chi connectivity index (χ2v) is 6.87. The molecular formula is C18H28N2O2. The van der Waals surface area contributed by atoms with Crippen LogP contribution in [0.2, 0.25) is 0 Å². The second-order valence-electron chi connectivity index (χ2n) is 6.87. The highest BCUT2D eigenvalue weighted by atomic mass is 16.5. The molecular weight excluding hydrogens is 276 g/mol. The minimum Gasteiger partial charge on any atom is -0.493 e. The number of nitrogens with zero attached hydrogens (tertiary/aromatic N) is 1. The number of likely N-dealkylation sites (N-methyl/N-ethyl adjacent to an activating group) is 1. The van der Waals surface area contributed by atoms with Crippen molar-refractivity contribution >= 4 is 0 Å². The summed E-state index contributed by atoms with van der Waals surface area (Å²) >= 11 is 0. The fraction of sp³-hybridized carbons (Fsp3) is 0.667. The Morgan fingerprint density at radius 2 is 1.95 bits per heavy atom. The van der Waals surface area contributed by atoms with Gasteiger partial charge in [0.15, 0.2) is 11.5 Å². The lowest BCUT2D eigenvalue weighted by Crippen LogP contribution is -2.38. The largest absolute Gasteiger partial charge is 0.493 e. The summed E-state index contributed by atoms with van der Waals surface area (Å²) in [4.78, 5) is 2.29. The van der Waals surface area contributed by atoms with Crippen LogP contribution in [-0.2, 0) is 5.54 Å². The van der Waals surface area contributed by atoms with E-state index in [1.807, 2.05) is 6.07 Å². The van der Waals surface area contributed by atoms with Crippen LogP contribution in [0, 0.1) is 0 Å². The highest BCUT2D eigenvalue weighted by Gasteiger charge is 2.30. The number of likely N-dealkylation sites (tertiary alicyclic amines) is 1. The van der Waals surface area contributed by atoms with Gasteiger partial charge in [-0.2, -0.15) is 0 Å². The maximum Gasteiger partial charge on any atom is 0.161 e. The third-order valence-corrected chi connectivity index (χ3v) is 5.13. The Labute approximate surface area is 133 Å². The lowest BCUT2D eigenvalue weighted by Gasteiger charge is -2.34. The van der Waals surface area contributed by atoms with Crippen LogP contribution >= 0.6 is 0 Å². The van der Waals surface area contributed by atoms with Crippen molar-refractivity contribution in [2.75, 3.05) is 27.2 Å². The third kappa shape index (κ3) is 3.23. The number of ether oxygens (including phenoxy) is 2. The van der Waals surface area contributed by atoms with Gasteiger partial charge in [0.05, 0.1) is 7.11 Å². The molecule has 0 radical (unpaired) electrons. The second kappa shape index (κ2) is 6.47. The van der Waals surface area contributed by atoms with Crippen LogP contribution in [0.5, 0.6) is 11.5 Å². The molecule has 22 heavy (non-hydrogen) atoms. The maximum atomic E-state index is 6.63. The molecule has 0 bridgehead atoms. The van der Waals surface area contributed by atoms with Crippen molar-refractivity contribution in [2.45, 2.75) is 50.2 Å². The van der Waals surface area contributed by atoms with Gasteiger partial charge in [-0.1, -0.05) is 25.3 Å². The zero-order valence-corrected chi connectivity index (χ0v) is 13.8. The molecule has 1 unspecified atom stereocenters. The number of benzene rings is 1. The van der Waals surface area contributed by atoms with Gasteiger partial charge in [0, 0.05) is 18.6 Å². The topological polar surface area (TPSA) is 47.7 Å². The van der Waals surface area contributed by atoms with Gasteiger partial charge < -0.3 is 20.1 Å². The van der Waals surface area contributed by atoms with E-state index in [9.17, 15) is 0 Å². The molecule has 2 aliphatic rings. The molecule has 1 heterocycles. The van der Waals surface area contributed by atoms with E-state index in [-0.39, 0.29) is 11.6 Å². The molecule has 0 amide bonds. The van der Waals surface area contributed by atoms with Crippen molar-refractivity contribution in [3.05, 3.63) is 23.8 Å². The standard InChI is InChI=1S/C18H28N2O2/c1-20-11-8-15(13-20)22-16-7-6-14(12-17(16)21-2)18(19)9-4-3-5-10-18/h6-7,12,15H,3-5,8-11,13,19H2,1-2H3. The molecule has 1 aromatic rings. The summed E-state index contributed by atoms with van der Waals surface area (Å²) in [6.45, 7) is 2.07. The zero-order chi connectivity index (χ0) is 15.6. The van der Waals surface area contributed by atoms with Crippen LogP contribution < -0.4 is 15.2 Å². The summed E-state index contributed by atoms with van der Waals surface area (Å²) in [5, 5.41) is 0. The Morgan fingerprint density at radius 3 is 2.59 bits per heavy atom. The van der Waals surface area contributed by atoms with Crippen molar-refractivity contribution in [3.63, 3.8) is 0 Å². The fourth-order valence-electron chi connectivity index (χ4n) is 3.72.